The van der Waals surface area contributed by atoms with E-state index in [1.165, 1.54) is 36.4 Å². The van der Waals surface area contributed by atoms with Gasteiger partial charge in [0.05, 0.1) is 9.79 Å². The average molecular weight is 367 g/mol. The molecule has 0 radical (unpaired) electrons. The van der Waals surface area contributed by atoms with Gasteiger partial charge in [-0.1, -0.05) is 17.3 Å². The molecule has 10 heteroatoms. The zero-order valence-electron chi connectivity index (χ0n) is 12.2. The summed E-state index contributed by atoms with van der Waals surface area (Å²) in [6.07, 6.45) is 0.246. The lowest BCUT2D eigenvalue weighted by molar-refractivity contribution is 0.319. The predicted octanol–water partition coefficient (Wildman–Crippen LogP) is 0.112. The van der Waals surface area contributed by atoms with Gasteiger partial charge in [-0.25, -0.2) is 27.1 Å². The molecule has 1 aliphatic carbocycles. The molecule has 0 fully saturated rings. The molecule has 3 rings (SSSR count). The van der Waals surface area contributed by atoms with E-state index in [-0.39, 0.29) is 21.9 Å². The highest BCUT2D eigenvalue weighted by molar-refractivity contribution is 7.89. The van der Waals surface area contributed by atoms with E-state index in [9.17, 15) is 22.0 Å². The van der Waals surface area contributed by atoms with Gasteiger partial charge < -0.3 is 5.21 Å². The van der Waals surface area contributed by atoms with Crippen molar-refractivity contribution in [3.8, 4) is 0 Å². The molecule has 0 aliphatic heterocycles. The Morgan fingerprint density at radius 3 is 1.58 bits per heavy atom. The Labute approximate surface area is 138 Å². The molecule has 0 heterocycles. The fourth-order valence-electron chi connectivity index (χ4n) is 2.71. The summed E-state index contributed by atoms with van der Waals surface area (Å²) in [5.74, 6) is 0. The summed E-state index contributed by atoms with van der Waals surface area (Å²) < 4.78 is 46.0. The highest BCUT2D eigenvalue weighted by Crippen LogP contribution is 2.30. The molecule has 0 bridgehead atoms. The summed E-state index contributed by atoms with van der Waals surface area (Å²) in [7, 11) is -7.78. The number of hydrogen-bond donors (Lipinski definition) is 3. The van der Waals surface area contributed by atoms with E-state index in [4.69, 9.17) is 10.3 Å². The summed E-state index contributed by atoms with van der Waals surface area (Å²) in [6, 6.07) is 8.40. The van der Waals surface area contributed by atoms with Crippen molar-refractivity contribution >= 4 is 25.8 Å². The number of sulfonamides is 2. The Morgan fingerprint density at radius 1 is 0.833 bits per heavy atom. The van der Waals surface area contributed by atoms with E-state index in [0.717, 1.165) is 0 Å². The Morgan fingerprint density at radius 2 is 1.25 bits per heavy atom. The number of hydrogen-bond acceptors (Lipinski definition) is 6. The average Bonchev–Trinajstić information content (AvgIpc) is 2.49. The molecule has 0 spiro atoms. The molecule has 5 N–H and O–H groups in total. The molecule has 24 heavy (non-hydrogen) atoms. The van der Waals surface area contributed by atoms with Gasteiger partial charge in [0.1, 0.15) is 5.71 Å². The lowest BCUT2D eigenvalue weighted by atomic mass is 9.84. The summed E-state index contributed by atoms with van der Waals surface area (Å²) in [6.45, 7) is 0. The van der Waals surface area contributed by atoms with E-state index in [0.29, 0.717) is 22.3 Å². The van der Waals surface area contributed by atoms with Crippen molar-refractivity contribution in [3.05, 3.63) is 58.7 Å². The normalized spacial score (nSPS) is 14.0. The van der Waals surface area contributed by atoms with Crippen LogP contribution < -0.4 is 10.3 Å². The fourth-order valence-corrected chi connectivity index (χ4v) is 3.84. The first kappa shape index (κ1) is 16.6. The molecule has 0 aromatic heterocycles. The third-order valence-corrected chi connectivity index (χ3v) is 5.62. The van der Waals surface area contributed by atoms with Crippen molar-refractivity contribution < 1.29 is 22.0 Å². The topological polar surface area (TPSA) is 153 Å². The first-order valence-corrected chi connectivity index (χ1v) is 9.75. The smallest absolute Gasteiger partial charge is 0.238 e. The molecule has 0 saturated heterocycles. The number of primary sulfonamides is 2. The maximum Gasteiger partial charge on any atom is 0.238 e. The van der Waals surface area contributed by atoms with Crippen molar-refractivity contribution in [1.82, 2.24) is 0 Å². The second-order valence-electron chi connectivity index (χ2n) is 5.35. The minimum atomic E-state index is -3.89. The monoisotopic (exact) mass is 367 g/mol. The zero-order valence-corrected chi connectivity index (χ0v) is 13.8. The summed E-state index contributed by atoms with van der Waals surface area (Å²) >= 11 is 0. The molecule has 2 aromatic rings. The molecule has 0 amide bonds. The van der Waals surface area contributed by atoms with E-state index in [1.807, 2.05) is 0 Å². The number of nitrogens with zero attached hydrogens (tertiary/aromatic N) is 1. The van der Waals surface area contributed by atoms with Gasteiger partial charge in [0, 0.05) is 11.1 Å². The molecule has 8 nitrogen and oxygen atoms in total. The van der Waals surface area contributed by atoms with Crippen LogP contribution in [0.25, 0.3) is 0 Å². The van der Waals surface area contributed by atoms with E-state index < -0.39 is 20.0 Å². The molecule has 2 aromatic carbocycles. The standard InChI is InChI=1S/C14H13N3O5S2/c15-23(19,20)10-1-3-12-8(6-10)5-9-7-11(24(16,21)22)2-4-13(9)14(12)17-18/h1-4,6-7,18H,5H2,(H2,15,19,20)(H2,16,21,22). The van der Waals surface area contributed by atoms with Crippen LogP contribution in [-0.2, 0) is 26.5 Å². The number of oxime groups is 1. The zero-order chi connectivity index (χ0) is 17.7. The van der Waals surface area contributed by atoms with E-state index >= 15 is 0 Å². The van der Waals surface area contributed by atoms with Crippen LogP contribution in [0.2, 0.25) is 0 Å². The van der Waals surface area contributed by atoms with Gasteiger partial charge >= 0.3 is 0 Å². The van der Waals surface area contributed by atoms with Crippen molar-refractivity contribution in [3.63, 3.8) is 0 Å². The molecule has 0 atom stereocenters. The maximum absolute atomic E-state index is 11.5. The number of nitrogens with two attached hydrogens (primary N) is 2. The van der Waals surface area contributed by atoms with Crippen LogP contribution >= 0.6 is 0 Å². The van der Waals surface area contributed by atoms with Gasteiger partial charge in [-0.05, 0) is 41.8 Å². The van der Waals surface area contributed by atoms with Gasteiger partial charge in [-0.3, -0.25) is 0 Å². The van der Waals surface area contributed by atoms with Crippen LogP contribution in [0.4, 0.5) is 0 Å². The number of benzene rings is 2. The maximum atomic E-state index is 11.5. The first-order valence-electron chi connectivity index (χ1n) is 6.65. The molecule has 126 valence electrons. The highest BCUT2D eigenvalue weighted by atomic mass is 32.2. The number of rotatable bonds is 2. The van der Waals surface area contributed by atoms with Crippen molar-refractivity contribution in [2.45, 2.75) is 16.2 Å². The van der Waals surface area contributed by atoms with Gasteiger partial charge in [0.2, 0.25) is 20.0 Å². The lowest BCUT2D eigenvalue weighted by Gasteiger charge is -2.21. The Balaban J connectivity index is 2.22. The predicted molar refractivity (Wildman–Crippen MR) is 85.9 cm³/mol. The highest BCUT2D eigenvalue weighted by Gasteiger charge is 2.25. The van der Waals surface area contributed by atoms with Crippen LogP contribution in [0.3, 0.4) is 0 Å². The largest absolute Gasteiger partial charge is 0.410 e. The third kappa shape index (κ3) is 2.80. The Hall–Kier alpha value is -2.27. The molecular weight excluding hydrogens is 354 g/mol. The summed E-state index contributed by atoms with van der Waals surface area (Å²) in [4.78, 5) is -0.158. The van der Waals surface area contributed by atoms with Crippen LogP contribution in [0, 0.1) is 0 Å². The van der Waals surface area contributed by atoms with Gasteiger partial charge in [-0.15, -0.1) is 0 Å². The van der Waals surface area contributed by atoms with E-state index in [2.05, 4.69) is 5.16 Å². The van der Waals surface area contributed by atoms with Crippen LogP contribution in [0.5, 0.6) is 0 Å². The molecular formula is C14H13N3O5S2. The molecule has 1 aliphatic rings. The SMILES string of the molecule is NS(=O)(=O)c1ccc2c(c1)Cc1cc(S(N)(=O)=O)ccc1C2=NO. The second kappa shape index (κ2) is 5.38. The van der Waals surface area contributed by atoms with E-state index in [1.54, 1.807) is 0 Å². The fraction of sp³-hybridized carbons (Fsp3) is 0.0714. The van der Waals surface area contributed by atoms with Gasteiger partial charge in [0.25, 0.3) is 0 Å². The summed E-state index contributed by atoms with van der Waals surface area (Å²) in [5.41, 5.74) is 2.40. The number of fused-ring (bicyclic) bond motifs is 2. The second-order valence-corrected chi connectivity index (χ2v) is 8.48. The Bertz CT molecular complexity index is 1010. The minimum Gasteiger partial charge on any atom is -0.410 e. The lowest BCUT2D eigenvalue weighted by Crippen LogP contribution is -2.20. The van der Waals surface area contributed by atoms with Gasteiger partial charge in [-0.2, -0.15) is 0 Å². The van der Waals surface area contributed by atoms with Crippen LogP contribution in [0.15, 0.2) is 51.3 Å². The first-order chi connectivity index (χ1) is 11.1. The van der Waals surface area contributed by atoms with Crippen LogP contribution in [0.1, 0.15) is 22.3 Å². The molecule has 0 saturated carbocycles. The van der Waals surface area contributed by atoms with Crippen molar-refractivity contribution in [2.24, 2.45) is 15.4 Å². The molecule has 0 unspecified atom stereocenters. The summed E-state index contributed by atoms with van der Waals surface area (Å²) in [5, 5.41) is 22.9. The quantitative estimate of drug-likeness (QED) is 0.433. The van der Waals surface area contributed by atoms with Crippen molar-refractivity contribution in [2.75, 3.05) is 0 Å². The minimum absolute atomic E-state index is 0.0791. The van der Waals surface area contributed by atoms with Crippen molar-refractivity contribution in [1.29, 1.82) is 0 Å². The third-order valence-electron chi connectivity index (χ3n) is 3.80. The Kier molecular flexibility index (Phi) is 3.72. The van der Waals surface area contributed by atoms with Gasteiger partial charge in [0.15, 0.2) is 0 Å². The van der Waals surface area contributed by atoms with Crippen LogP contribution in [-0.4, -0.2) is 27.8 Å².